The van der Waals surface area contributed by atoms with Crippen molar-refractivity contribution in [3.63, 3.8) is 0 Å². The van der Waals surface area contributed by atoms with Crippen LogP contribution in [0.1, 0.15) is 31.4 Å². The summed E-state index contributed by atoms with van der Waals surface area (Å²) in [6.45, 7) is 7.23. The normalized spacial score (nSPS) is 26.4. The summed E-state index contributed by atoms with van der Waals surface area (Å²) in [5, 5.41) is 17.7. The fourth-order valence-corrected chi connectivity index (χ4v) is 2.48. The summed E-state index contributed by atoms with van der Waals surface area (Å²) in [6.07, 6.45) is 2.26. The van der Waals surface area contributed by atoms with Crippen LogP contribution >= 0.6 is 0 Å². The summed E-state index contributed by atoms with van der Waals surface area (Å²) >= 11 is 0. The first-order chi connectivity index (χ1) is 8.04. The van der Waals surface area contributed by atoms with Crippen LogP contribution in [0.25, 0.3) is 0 Å². The molecule has 0 radical (unpaired) electrons. The topological polar surface area (TPSA) is 54.2 Å². The highest BCUT2D eigenvalue weighted by molar-refractivity contribution is 4.94. The van der Waals surface area contributed by atoms with Crippen LogP contribution in [0.2, 0.25) is 0 Å². The van der Waals surface area contributed by atoms with Gasteiger partial charge in [-0.15, -0.1) is 10.2 Å². The van der Waals surface area contributed by atoms with E-state index in [4.69, 9.17) is 0 Å². The quantitative estimate of drug-likeness (QED) is 0.843. The Morgan fingerprint density at radius 2 is 2.18 bits per heavy atom. The molecule has 0 amide bonds. The zero-order valence-electron chi connectivity index (χ0n) is 11.0. The molecule has 2 heterocycles. The Kier molecular flexibility index (Phi) is 3.49. The Hall–Kier alpha value is -0.940. The Balaban J connectivity index is 2.02. The van der Waals surface area contributed by atoms with Gasteiger partial charge in [-0.1, -0.05) is 6.92 Å². The average Bonchev–Trinajstić information content (AvgIpc) is 2.61. The van der Waals surface area contributed by atoms with Gasteiger partial charge in [0.05, 0.1) is 6.54 Å². The summed E-state index contributed by atoms with van der Waals surface area (Å²) < 4.78 is 2.03. The summed E-state index contributed by atoms with van der Waals surface area (Å²) in [5.74, 6) is 1.95. The van der Waals surface area contributed by atoms with E-state index in [0.717, 1.165) is 44.1 Å². The van der Waals surface area contributed by atoms with E-state index in [1.54, 1.807) is 0 Å². The van der Waals surface area contributed by atoms with E-state index in [-0.39, 0.29) is 12.0 Å². The number of aliphatic hydroxyl groups is 1. The third kappa shape index (κ3) is 2.66. The molecule has 1 aromatic rings. The van der Waals surface area contributed by atoms with E-state index in [0.29, 0.717) is 0 Å². The lowest BCUT2D eigenvalue weighted by Crippen LogP contribution is -2.43. The maximum Gasteiger partial charge on any atom is 0.146 e. The molecule has 0 bridgehead atoms. The van der Waals surface area contributed by atoms with Gasteiger partial charge in [0, 0.05) is 25.6 Å². The van der Waals surface area contributed by atoms with Gasteiger partial charge in [-0.3, -0.25) is 4.90 Å². The van der Waals surface area contributed by atoms with Crippen molar-refractivity contribution in [2.45, 2.75) is 33.2 Å². The van der Waals surface area contributed by atoms with Crippen molar-refractivity contribution in [2.24, 2.45) is 12.5 Å². The number of aryl methyl sites for hydroxylation is 1. The van der Waals surface area contributed by atoms with Crippen LogP contribution in [0.4, 0.5) is 0 Å². The Morgan fingerprint density at radius 1 is 1.41 bits per heavy atom. The number of hydrogen-bond acceptors (Lipinski definition) is 4. The summed E-state index contributed by atoms with van der Waals surface area (Å²) in [4.78, 5) is 2.36. The predicted octanol–water partition coefficient (Wildman–Crippen LogP) is 0.718. The second-order valence-corrected chi connectivity index (χ2v) is 5.51. The second-order valence-electron chi connectivity index (χ2n) is 5.51. The van der Waals surface area contributed by atoms with Gasteiger partial charge in [0.2, 0.25) is 0 Å². The van der Waals surface area contributed by atoms with Crippen molar-refractivity contribution in [1.82, 2.24) is 19.7 Å². The Bertz CT molecular complexity index is 390. The molecule has 0 saturated carbocycles. The molecule has 5 nitrogen and oxygen atoms in total. The van der Waals surface area contributed by atoms with Crippen LogP contribution in [0.3, 0.4) is 0 Å². The van der Waals surface area contributed by atoms with Gasteiger partial charge >= 0.3 is 0 Å². The van der Waals surface area contributed by atoms with E-state index in [2.05, 4.69) is 22.0 Å². The molecule has 1 aliphatic rings. The van der Waals surface area contributed by atoms with E-state index < -0.39 is 0 Å². The number of hydrogen-bond donors (Lipinski definition) is 1. The number of likely N-dealkylation sites (tertiary alicyclic amines) is 1. The van der Waals surface area contributed by atoms with Crippen molar-refractivity contribution in [3.05, 3.63) is 11.6 Å². The second kappa shape index (κ2) is 4.74. The number of nitrogens with zero attached hydrogens (tertiary/aromatic N) is 4. The van der Waals surface area contributed by atoms with Crippen molar-refractivity contribution < 1.29 is 5.11 Å². The first-order valence-corrected chi connectivity index (χ1v) is 6.22. The van der Waals surface area contributed by atoms with Gasteiger partial charge in [0.15, 0.2) is 0 Å². The van der Waals surface area contributed by atoms with Crippen LogP contribution in [0, 0.1) is 12.3 Å². The highest BCUT2D eigenvalue weighted by atomic mass is 16.3. The molecule has 96 valence electrons. The molecule has 0 aromatic carbocycles. The van der Waals surface area contributed by atoms with Crippen LogP contribution < -0.4 is 0 Å². The molecule has 1 fully saturated rings. The number of rotatable bonds is 3. The summed E-state index contributed by atoms with van der Waals surface area (Å²) in [6, 6.07) is 0. The Labute approximate surface area is 102 Å². The zero-order chi connectivity index (χ0) is 12.5. The molecule has 17 heavy (non-hydrogen) atoms. The lowest BCUT2D eigenvalue weighted by Gasteiger charge is -2.39. The lowest BCUT2D eigenvalue weighted by atomic mass is 9.83. The molecule has 1 N–H and O–H groups in total. The van der Waals surface area contributed by atoms with Crippen LogP contribution in [-0.4, -0.2) is 44.5 Å². The lowest BCUT2D eigenvalue weighted by molar-refractivity contribution is 0.0413. The van der Waals surface area contributed by atoms with Crippen LogP contribution in [-0.2, 0) is 13.6 Å². The molecule has 0 spiro atoms. The van der Waals surface area contributed by atoms with Crippen molar-refractivity contribution >= 4 is 0 Å². The van der Waals surface area contributed by atoms with Crippen molar-refractivity contribution in [3.8, 4) is 0 Å². The molecule has 5 heteroatoms. The number of aliphatic hydroxyl groups excluding tert-OH is 1. The minimum Gasteiger partial charge on any atom is -0.396 e. The van der Waals surface area contributed by atoms with Crippen LogP contribution in [0.5, 0.6) is 0 Å². The van der Waals surface area contributed by atoms with Gasteiger partial charge in [-0.05, 0) is 26.3 Å². The van der Waals surface area contributed by atoms with Gasteiger partial charge in [-0.2, -0.15) is 0 Å². The predicted molar refractivity (Wildman–Crippen MR) is 65.4 cm³/mol. The first kappa shape index (κ1) is 12.5. The number of aromatic nitrogens is 3. The smallest absolute Gasteiger partial charge is 0.146 e. The van der Waals surface area contributed by atoms with E-state index in [1.165, 1.54) is 0 Å². The molecule has 1 aliphatic heterocycles. The van der Waals surface area contributed by atoms with Gasteiger partial charge in [0.1, 0.15) is 11.6 Å². The highest BCUT2D eigenvalue weighted by Gasteiger charge is 2.30. The SMILES string of the molecule is Cc1nnc(CN2CCCC(C)(CO)C2)n1C. The van der Waals surface area contributed by atoms with Crippen molar-refractivity contribution in [1.29, 1.82) is 0 Å². The minimum atomic E-state index is 0.0475. The minimum absolute atomic E-state index is 0.0475. The van der Waals surface area contributed by atoms with Gasteiger partial charge in [0.25, 0.3) is 0 Å². The molecule has 2 rings (SSSR count). The fourth-order valence-electron chi connectivity index (χ4n) is 2.48. The molecule has 1 aromatic heterocycles. The molecule has 1 saturated heterocycles. The summed E-state index contributed by atoms with van der Waals surface area (Å²) in [7, 11) is 2.00. The van der Waals surface area contributed by atoms with Crippen molar-refractivity contribution in [2.75, 3.05) is 19.7 Å². The first-order valence-electron chi connectivity index (χ1n) is 6.22. The highest BCUT2D eigenvalue weighted by Crippen LogP contribution is 2.29. The monoisotopic (exact) mass is 238 g/mol. The van der Waals surface area contributed by atoms with E-state index in [9.17, 15) is 5.11 Å². The summed E-state index contributed by atoms with van der Waals surface area (Å²) in [5.41, 5.74) is 0.0475. The molecular weight excluding hydrogens is 216 g/mol. The van der Waals surface area contributed by atoms with Gasteiger partial charge < -0.3 is 9.67 Å². The molecule has 0 aliphatic carbocycles. The van der Waals surface area contributed by atoms with E-state index in [1.807, 2.05) is 18.5 Å². The maximum atomic E-state index is 9.43. The van der Waals surface area contributed by atoms with E-state index >= 15 is 0 Å². The standard InChI is InChI=1S/C12H22N4O/c1-10-13-14-11(15(10)3)7-16-6-4-5-12(2,8-16)9-17/h17H,4-9H2,1-3H3. The fraction of sp³-hybridized carbons (Fsp3) is 0.833. The number of piperidine rings is 1. The Morgan fingerprint density at radius 3 is 2.76 bits per heavy atom. The maximum absolute atomic E-state index is 9.43. The largest absolute Gasteiger partial charge is 0.396 e. The zero-order valence-corrected chi connectivity index (χ0v) is 11.0. The molecule has 1 unspecified atom stereocenters. The van der Waals surface area contributed by atoms with Crippen LogP contribution in [0.15, 0.2) is 0 Å². The molecule has 1 atom stereocenters. The average molecular weight is 238 g/mol. The third-order valence-corrected chi connectivity index (χ3v) is 3.79. The van der Waals surface area contributed by atoms with Gasteiger partial charge in [-0.25, -0.2) is 0 Å². The molecular formula is C12H22N4O. The third-order valence-electron chi connectivity index (χ3n) is 3.79.